The number of nitrogens with one attached hydrogen (secondary N) is 1. The van der Waals surface area contributed by atoms with Crippen LogP contribution in [0.4, 0.5) is 8.78 Å². The lowest BCUT2D eigenvalue weighted by molar-refractivity contribution is -0.149. The second kappa shape index (κ2) is 7.31. The third-order valence-corrected chi connectivity index (χ3v) is 6.01. The van der Waals surface area contributed by atoms with Crippen LogP contribution in [0.1, 0.15) is 37.7 Å². The SMILES string of the molecule is CO/N=C1\CC2(CCN(C(=O)C3(F)CCNCC3)CC2)Oc2ccc(F)cc21. The maximum atomic E-state index is 15.0. The van der Waals surface area contributed by atoms with Gasteiger partial charge < -0.3 is 19.8 Å². The number of hydrogen-bond acceptors (Lipinski definition) is 5. The Hall–Kier alpha value is -2.22. The van der Waals surface area contributed by atoms with Gasteiger partial charge in [-0.15, -0.1) is 0 Å². The molecule has 2 fully saturated rings. The molecular formula is C20H25F2N3O3. The largest absolute Gasteiger partial charge is 0.486 e. The predicted octanol–water partition coefficient (Wildman–Crippen LogP) is 2.41. The van der Waals surface area contributed by atoms with E-state index in [0.717, 1.165) is 0 Å². The highest BCUT2D eigenvalue weighted by molar-refractivity contribution is 6.04. The second-order valence-corrected chi connectivity index (χ2v) is 7.83. The standard InChI is InChI=1S/C20H25F2N3O3/c1-27-24-16-13-19(28-17-3-2-14(21)12-15(16)17)6-10-25(11-7-19)18(26)20(22)4-8-23-9-5-20/h2-3,12,23H,4-11,13H2,1H3/b24-16+. The molecule has 1 aromatic rings. The number of benzene rings is 1. The molecule has 1 aromatic carbocycles. The summed E-state index contributed by atoms with van der Waals surface area (Å²) in [5, 5.41) is 7.17. The van der Waals surface area contributed by atoms with Gasteiger partial charge in [-0.2, -0.15) is 0 Å². The van der Waals surface area contributed by atoms with E-state index < -0.39 is 17.2 Å². The highest BCUT2D eigenvalue weighted by atomic mass is 19.1. The zero-order chi connectivity index (χ0) is 19.8. The number of likely N-dealkylation sites (tertiary alicyclic amines) is 1. The van der Waals surface area contributed by atoms with E-state index in [1.165, 1.54) is 19.2 Å². The summed E-state index contributed by atoms with van der Waals surface area (Å²) in [6, 6.07) is 4.34. The van der Waals surface area contributed by atoms with Gasteiger partial charge in [0.2, 0.25) is 0 Å². The minimum atomic E-state index is -1.77. The zero-order valence-electron chi connectivity index (χ0n) is 16.0. The number of nitrogens with zero attached hydrogens (tertiary/aromatic N) is 2. The molecule has 0 bridgehead atoms. The Morgan fingerprint density at radius 1 is 1.25 bits per heavy atom. The van der Waals surface area contributed by atoms with Crippen molar-refractivity contribution in [2.24, 2.45) is 5.16 Å². The van der Waals surface area contributed by atoms with Crippen LogP contribution >= 0.6 is 0 Å². The first-order valence-electron chi connectivity index (χ1n) is 9.73. The van der Waals surface area contributed by atoms with Gasteiger partial charge in [-0.3, -0.25) is 4.79 Å². The third-order valence-electron chi connectivity index (χ3n) is 6.01. The Kier molecular flexibility index (Phi) is 4.99. The number of alkyl halides is 1. The summed E-state index contributed by atoms with van der Waals surface area (Å²) in [6.07, 6.45) is 2.02. The minimum absolute atomic E-state index is 0.216. The van der Waals surface area contributed by atoms with E-state index in [-0.39, 0.29) is 18.7 Å². The predicted molar refractivity (Wildman–Crippen MR) is 99.7 cm³/mol. The Balaban J connectivity index is 1.50. The highest BCUT2D eigenvalue weighted by Crippen LogP contribution is 2.40. The Morgan fingerprint density at radius 3 is 2.64 bits per heavy atom. The molecule has 4 rings (SSSR count). The van der Waals surface area contributed by atoms with Gasteiger partial charge in [-0.05, 0) is 31.3 Å². The van der Waals surface area contributed by atoms with E-state index in [1.807, 2.05) is 0 Å². The van der Waals surface area contributed by atoms with E-state index in [2.05, 4.69) is 10.5 Å². The van der Waals surface area contributed by atoms with Crippen LogP contribution in [0, 0.1) is 5.82 Å². The number of rotatable bonds is 2. The van der Waals surface area contributed by atoms with E-state index in [1.54, 1.807) is 11.0 Å². The molecule has 152 valence electrons. The van der Waals surface area contributed by atoms with Crippen LogP contribution < -0.4 is 10.1 Å². The van der Waals surface area contributed by atoms with Crippen molar-refractivity contribution in [1.82, 2.24) is 10.2 Å². The summed E-state index contributed by atoms with van der Waals surface area (Å²) >= 11 is 0. The van der Waals surface area contributed by atoms with Gasteiger partial charge in [-0.1, -0.05) is 5.16 Å². The topological polar surface area (TPSA) is 63.2 Å². The molecule has 28 heavy (non-hydrogen) atoms. The molecule has 6 nitrogen and oxygen atoms in total. The molecule has 0 unspecified atom stereocenters. The molecule has 1 amide bonds. The fourth-order valence-corrected chi connectivity index (χ4v) is 4.39. The molecule has 3 aliphatic rings. The first kappa shape index (κ1) is 19.1. The molecule has 3 aliphatic heterocycles. The molecule has 0 aromatic heterocycles. The van der Waals surface area contributed by atoms with Crippen molar-refractivity contribution in [2.45, 2.75) is 43.4 Å². The summed E-state index contributed by atoms with van der Waals surface area (Å²) in [5.41, 5.74) is -1.10. The van der Waals surface area contributed by atoms with Crippen LogP contribution in [0.3, 0.4) is 0 Å². The van der Waals surface area contributed by atoms with Gasteiger partial charge in [0, 0.05) is 50.8 Å². The van der Waals surface area contributed by atoms with Crippen molar-refractivity contribution in [3.8, 4) is 5.75 Å². The average Bonchev–Trinajstić information content (AvgIpc) is 2.69. The Morgan fingerprint density at radius 2 is 1.96 bits per heavy atom. The lowest BCUT2D eigenvalue weighted by atomic mass is 9.81. The van der Waals surface area contributed by atoms with Gasteiger partial charge in [0.15, 0.2) is 5.67 Å². The molecule has 0 atom stereocenters. The van der Waals surface area contributed by atoms with E-state index >= 15 is 4.39 Å². The normalized spacial score (nSPS) is 24.5. The van der Waals surface area contributed by atoms with Crippen molar-refractivity contribution >= 4 is 11.6 Å². The van der Waals surface area contributed by atoms with E-state index in [4.69, 9.17) is 9.57 Å². The van der Waals surface area contributed by atoms with Crippen molar-refractivity contribution in [3.63, 3.8) is 0 Å². The van der Waals surface area contributed by atoms with Gasteiger partial charge >= 0.3 is 0 Å². The van der Waals surface area contributed by atoms with Crippen LogP contribution in [0.25, 0.3) is 0 Å². The lowest BCUT2D eigenvalue weighted by Gasteiger charge is -2.46. The third kappa shape index (κ3) is 3.45. The van der Waals surface area contributed by atoms with Crippen molar-refractivity contribution in [1.29, 1.82) is 0 Å². The van der Waals surface area contributed by atoms with Crippen molar-refractivity contribution in [2.75, 3.05) is 33.3 Å². The van der Waals surface area contributed by atoms with Crippen LogP contribution in [0.5, 0.6) is 5.75 Å². The fraction of sp³-hybridized carbons (Fsp3) is 0.600. The summed E-state index contributed by atoms with van der Waals surface area (Å²) < 4.78 is 35.0. The van der Waals surface area contributed by atoms with Crippen LogP contribution in [0.2, 0.25) is 0 Å². The molecule has 0 saturated carbocycles. The molecule has 8 heteroatoms. The minimum Gasteiger partial charge on any atom is -0.486 e. The van der Waals surface area contributed by atoms with E-state index in [0.29, 0.717) is 62.5 Å². The summed E-state index contributed by atoms with van der Waals surface area (Å²) in [7, 11) is 1.45. The molecule has 0 radical (unpaired) electrons. The number of carbonyl (C=O) groups is 1. The van der Waals surface area contributed by atoms with Crippen LogP contribution in [-0.2, 0) is 9.63 Å². The number of fused-ring (bicyclic) bond motifs is 1. The highest BCUT2D eigenvalue weighted by Gasteiger charge is 2.47. The zero-order valence-corrected chi connectivity index (χ0v) is 16.0. The Bertz CT molecular complexity index is 785. The smallest absolute Gasteiger partial charge is 0.260 e. The summed E-state index contributed by atoms with van der Waals surface area (Å²) in [4.78, 5) is 19.3. The first-order chi connectivity index (χ1) is 13.4. The quantitative estimate of drug-likeness (QED) is 0.784. The van der Waals surface area contributed by atoms with Gasteiger partial charge in [0.1, 0.15) is 24.3 Å². The maximum Gasteiger partial charge on any atom is 0.260 e. The number of oxime groups is 1. The monoisotopic (exact) mass is 393 g/mol. The molecule has 3 heterocycles. The van der Waals surface area contributed by atoms with Gasteiger partial charge in [0.05, 0.1) is 5.71 Å². The van der Waals surface area contributed by atoms with Crippen LogP contribution in [0.15, 0.2) is 23.4 Å². The molecule has 2 saturated heterocycles. The number of ether oxygens (including phenoxy) is 1. The first-order valence-corrected chi connectivity index (χ1v) is 9.73. The number of hydrogen-bond donors (Lipinski definition) is 1. The van der Waals surface area contributed by atoms with E-state index in [9.17, 15) is 9.18 Å². The molecule has 0 aliphatic carbocycles. The average molecular weight is 393 g/mol. The van der Waals surface area contributed by atoms with Gasteiger partial charge in [0.25, 0.3) is 5.91 Å². The van der Waals surface area contributed by atoms with Crippen molar-refractivity contribution in [3.05, 3.63) is 29.6 Å². The lowest BCUT2D eigenvalue weighted by Crippen LogP contribution is -2.57. The number of halogens is 2. The van der Waals surface area contributed by atoms with Crippen molar-refractivity contribution < 1.29 is 23.1 Å². The molecular weight excluding hydrogens is 368 g/mol. The number of carbonyl (C=O) groups excluding carboxylic acids is 1. The maximum absolute atomic E-state index is 15.0. The summed E-state index contributed by atoms with van der Waals surface area (Å²) in [6.45, 7) is 1.89. The second-order valence-electron chi connectivity index (χ2n) is 7.83. The molecule has 1 N–H and O–H groups in total. The Labute approximate surface area is 162 Å². The fourth-order valence-electron chi connectivity index (χ4n) is 4.39. The summed E-state index contributed by atoms with van der Waals surface area (Å²) in [5.74, 6) is -0.214. The molecule has 1 spiro atoms. The van der Waals surface area contributed by atoms with Crippen LogP contribution in [-0.4, -0.2) is 61.1 Å². The van der Waals surface area contributed by atoms with Gasteiger partial charge in [-0.25, -0.2) is 8.78 Å². The number of piperidine rings is 2. The number of amides is 1.